The van der Waals surface area contributed by atoms with Crippen molar-refractivity contribution in [2.45, 2.75) is 6.54 Å². The van der Waals surface area contributed by atoms with Crippen LogP contribution in [-0.2, 0) is 11.3 Å². The Morgan fingerprint density at radius 3 is 2.82 bits per heavy atom. The Hall–Kier alpha value is -1.81. The van der Waals surface area contributed by atoms with Gasteiger partial charge in [0.15, 0.2) is 6.29 Å². The lowest BCUT2D eigenvalue weighted by molar-refractivity contribution is 0.112. The number of ether oxygens (including phenoxy) is 2. The number of carbonyl (C=O) groups excluding carboxylic acids is 1. The number of hydrogen-bond donors (Lipinski definition) is 0. The number of nitrogens with zero attached hydrogens (tertiary/aromatic N) is 1. The van der Waals surface area contributed by atoms with Gasteiger partial charge in [-0.25, -0.2) is 0 Å². The zero-order chi connectivity index (χ0) is 12.3. The van der Waals surface area contributed by atoms with Crippen molar-refractivity contribution in [3.8, 4) is 5.75 Å². The Labute approximate surface area is 99.7 Å². The highest BCUT2D eigenvalue weighted by atomic mass is 16.5. The minimum atomic E-state index is 0.610. The van der Waals surface area contributed by atoms with Crippen LogP contribution in [0.4, 0.5) is 0 Å². The topological polar surface area (TPSA) is 40.5 Å². The summed E-state index contributed by atoms with van der Waals surface area (Å²) in [4.78, 5) is 11.1. The molecule has 0 atom stereocenters. The maximum atomic E-state index is 11.1. The molecule has 0 saturated heterocycles. The molecule has 0 aliphatic carbocycles. The molecule has 0 aliphatic rings. The second-order valence-electron chi connectivity index (χ2n) is 3.74. The maximum absolute atomic E-state index is 11.1. The van der Waals surface area contributed by atoms with Gasteiger partial charge in [0.25, 0.3) is 0 Å². The second-order valence-corrected chi connectivity index (χ2v) is 3.74. The third-order valence-electron chi connectivity index (χ3n) is 2.78. The molecule has 0 fully saturated rings. The van der Waals surface area contributed by atoms with Gasteiger partial charge in [-0.2, -0.15) is 0 Å². The van der Waals surface area contributed by atoms with Crippen LogP contribution in [0, 0.1) is 0 Å². The number of hydrogen-bond acceptors (Lipinski definition) is 3. The van der Waals surface area contributed by atoms with Gasteiger partial charge in [-0.05, 0) is 12.1 Å². The van der Waals surface area contributed by atoms with Gasteiger partial charge < -0.3 is 14.0 Å². The van der Waals surface area contributed by atoms with Gasteiger partial charge in [0, 0.05) is 25.4 Å². The molecular formula is C13H15NO3. The molecule has 0 saturated carbocycles. The van der Waals surface area contributed by atoms with Crippen molar-refractivity contribution in [1.82, 2.24) is 4.57 Å². The van der Waals surface area contributed by atoms with Gasteiger partial charge in [-0.1, -0.05) is 6.07 Å². The summed E-state index contributed by atoms with van der Waals surface area (Å²) in [5.74, 6) is 0.723. The van der Waals surface area contributed by atoms with Crippen molar-refractivity contribution < 1.29 is 14.3 Å². The van der Waals surface area contributed by atoms with E-state index in [2.05, 4.69) is 0 Å². The lowest BCUT2D eigenvalue weighted by atomic mass is 10.2. The third-order valence-corrected chi connectivity index (χ3v) is 2.78. The number of carbonyl (C=O) groups is 1. The molecule has 1 aromatic carbocycles. The quantitative estimate of drug-likeness (QED) is 0.742. The summed E-state index contributed by atoms with van der Waals surface area (Å²) in [6, 6.07) is 5.75. The van der Waals surface area contributed by atoms with Gasteiger partial charge in [0.1, 0.15) is 5.75 Å². The highest BCUT2D eigenvalue weighted by Crippen LogP contribution is 2.29. The van der Waals surface area contributed by atoms with E-state index in [4.69, 9.17) is 9.47 Å². The van der Waals surface area contributed by atoms with Crippen LogP contribution in [0.5, 0.6) is 5.75 Å². The van der Waals surface area contributed by atoms with E-state index in [0.29, 0.717) is 18.7 Å². The third kappa shape index (κ3) is 2.03. The number of methoxy groups -OCH3 is 2. The Bertz CT molecular complexity index is 531. The number of benzene rings is 1. The lowest BCUT2D eigenvalue weighted by Gasteiger charge is -2.05. The summed E-state index contributed by atoms with van der Waals surface area (Å²) in [7, 11) is 3.27. The summed E-state index contributed by atoms with van der Waals surface area (Å²) in [6.07, 6.45) is 2.69. The molecule has 4 heteroatoms. The van der Waals surface area contributed by atoms with Crippen molar-refractivity contribution in [3.63, 3.8) is 0 Å². The van der Waals surface area contributed by atoms with Crippen LogP contribution >= 0.6 is 0 Å². The summed E-state index contributed by atoms with van der Waals surface area (Å²) in [5, 5.41) is 0.862. The molecule has 0 spiro atoms. The smallest absolute Gasteiger partial charge is 0.152 e. The fourth-order valence-corrected chi connectivity index (χ4v) is 1.99. The average molecular weight is 233 g/mol. The summed E-state index contributed by atoms with van der Waals surface area (Å²) in [6.45, 7) is 1.33. The Morgan fingerprint density at radius 1 is 1.35 bits per heavy atom. The van der Waals surface area contributed by atoms with E-state index >= 15 is 0 Å². The molecule has 0 bridgehead atoms. The van der Waals surface area contributed by atoms with Gasteiger partial charge in [0.2, 0.25) is 0 Å². The van der Waals surface area contributed by atoms with Crippen molar-refractivity contribution in [2.75, 3.05) is 20.8 Å². The zero-order valence-electron chi connectivity index (χ0n) is 9.97. The largest absolute Gasteiger partial charge is 0.496 e. The van der Waals surface area contributed by atoms with Gasteiger partial charge >= 0.3 is 0 Å². The summed E-state index contributed by atoms with van der Waals surface area (Å²) < 4.78 is 12.3. The number of rotatable bonds is 5. The first-order chi connectivity index (χ1) is 8.31. The van der Waals surface area contributed by atoms with Crippen molar-refractivity contribution in [3.05, 3.63) is 30.0 Å². The van der Waals surface area contributed by atoms with E-state index in [1.54, 1.807) is 14.2 Å². The fraction of sp³-hybridized carbons (Fsp3) is 0.308. The Kier molecular flexibility index (Phi) is 3.44. The average Bonchev–Trinajstić information content (AvgIpc) is 2.74. The van der Waals surface area contributed by atoms with Gasteiger partial charge in [-0.3, -0.25) is 4.79 Å². The molecule has 0 radical (unpaired) electrons. The lowest BCUT2D eigenvalue weighted by Crippen LogP contribution is -2.02. The molecule has 17 heavy (non-hydrogen) atoms. The van der Waals surface area contributed by atoms with E-state index in [0.717, 1.165) is 22.9 Å². The van der Waals surface area contributed by atoms with Crippen LogP contribution in [-0.4, -0.2) is 31.7 Å². The molecule has 90 valence electrons. The van der Waals surface area contributed by atoms with Crippen molar-refractivity contribution in [2.24, 2.45) is 0 Å². The minimum absolute atomic E-state index is 0.610. The van der Waals surface area contributed by atoms with Crippen molar-refractivity contribution >= 4 is 17.2 Å². The SMILES string of the molecule is COCCn1cc(C=O)c2c(OC)cccc21. The second kappa shape index (κ2) is 5.01. The van der Waals surface area contributed by atoms with E-state index in [9.17, 15) is 4.79 Å². The van der Waals surface area contributed by atoms with Gasteiger partial charge in [0.05, 0.1) is 24.6 Å². The molecule has 1 aromatic heterocycles. The Morgan fingerprint density at radius 2 is 2.18 bits per heavy atom. The fourth-order valence-electron chi connectivity index (χ4n) is 1.99. The van der Waals surface area contributed by atoms with Crippen LogP contribution in [0.3, 0.4) is 0 Å². The predicted molar refractivity (Wildman–Crippen MR) is 65.8 cm³/mol. The first kappa shape index (κ1) is 11.7. The van der Waals surface area contributed by atoms with Crippen LogP contribution in [0.25, 0.3) is 10.9 Å². The maximum Gasteiger partial charge on any atom is 0.152 e. The van der Waals surface area contributed by atoms with E-state index in [1.165, 1.54) is 0 Å². The molecule has 0 N–H and O–H groups in total. The Balaban J connectivity index is 2.59. The molecule has 0 amide bonds. The van der Waals surface area contributed by atoms with Gasteiger partial charge in [-0.15, -0.1) is 0 Å². The standard InChI is InChI=1S/C13H15NO3/c1-16-7-6-14-8-10(9-15)13-11(14)4-3-5-12(13)17-2/h3-5,8-9H,6-7H2,1-2H3. The number of aldehydes is 1. The highest BCUT2D eigenvalue weighted by Gasteiger charge is 2.11. The monoisotopic (exact) mass is 233 g/mol. The van der Waals surface area contributed by atoms with Crippen LogP contribution < -0.4 is 4.74 Å². The normalized spacial score (nSPS) is 10.7. The zero-order valence-corrected chi connectivity index (χ0v) is 9.97. The van der Waals surface area contributed by atoms with Crippen LogP contribution in [0.15, 0.2) is 24.4 Å². The van der Waals surface area contributed by atoms with E-state index in [-0.39, 0.29) is 0 Å². The molecule has 2 aromatic rings. The number of fused-ring (bicyclic) bond motifs is 1. The first-order valence-electron chi connectivity index (χ1n) is 5.41. The van der Waals surface area contributed by atoms with E-state index in [1.807, 2.05) is 29.0 Å². The van der Waals surface area contributed by atoms with Crippen molar-refractivity contribution in [1.29, 1.82) is 0 Å². The number of aromatic nitrogens is 1. The molecule has 1 heterocycles. The van der Waals surface area contributed by atoms with E-state index < -0.39 is 0 Å². The minimum Gasteiger partial charge on any atom is -0.496 e. The predicted octanol–water partition coefficient (Wildman–Crippen LogP) is 2.11. The first-order valence-corrected chi connectivity index (χ1v) is 5.41. The summed E-state index contributed by atoms with van der Waals surface area (Å²) >= 11 is 0. The molecule has 2 rings (SSSR count). The molecule has 0 unspecified atom stereocenters. The molecular weight excluding hydrogens is 218 g/mol. The summed E-state index contributed by atoms with van der Waals surface area (Å²) in [5.41, 5.74) is 1.64. The molecule has 4 nitrogen and oxygen atoms in total. The van der Waals surface area contributed by atoms with Crippen LogP contribution in [0.2, 0.25) is 0 Å². The van der Waals surface area contributed by atoms with Crippen LogP contribution in [0.1, 0.15) is 10.4 Å². The highest BCUT2D eigenvalue weighted by molar-refractivity contribution is 6.01. The molecule has 0 aliphatic heterocycles.